The minimum absolute atomic E-state index is 0. The predicted molar refractivity (Wildman–Crippen MR) is 107 cm³/mol. The number of nitrogens with one attached hydrogen (secondary N) is 2. The average Bonchev–Trinajstić information content (AvgIpc) is 2.91. The molecule has 1 atom stereocenters. The minimum Gasteiger partial charge on any atom is -0.371 e. The molecule has 3 fully saturated rings. The van der Waals surface area contributed by atoms with Crippen molar-refractivity contribution in [2.45, 2.75) is 31.7 Å². The molecule has 1 aromatic rings. The smallest absolute Gasteiger partial charge is 0.262 e. The van der Waals surface area contributed by atoms with Gasteiger partial charge in [-0.15, -0.1) is 12.4 Å². The largest absolute Gasteiger partial charge is 0.371 e. The second-order valence-corrected chi connectivity index (χ2v) is 8.27. The molecule has 154 valence electrons. The van der Waals surface area contributed by atoms with Gasteiger partial charge in [0.25, 0.3) is 11.8 Å². The van der Waals surface area contributed by atoms with E-state index < -0.39 is 23.8 Å². The lowest BCUT2D eigenvalue weighted by molar-refractivity contribution is -0.136. The zero-order chi connectivity index (χ0) is 19.5. The molecule has 9 heteroatoms. The van der Waals surface area contributed by atoms with E-state index >= 15 is 0 Å². The summed E-state index contributed by atoms with van der Waals surface area (Å²) in [5.74, 6) is -1.86. The van der Waals surface area contributed by atoms with Gasteiger partial charge in [0.2, 0.25) is 11.8 Å². The summed E-state index contributed by atoms with van der Waals surface area (Å²) in [5.41, 5.74) is 2.04. The number of piperidine rings is 2. The lowest BCUT2D eigenvalue weighted by atomic mass is 9.73. The van der Waals surface area contributed by atoms with E-state index in [-0.39, 0.29) is 31.2 Å². The molecule has 8 nitrogen and oxygen atoms in total. The van der Waals surface area contributed by atoms with Crippen molar-refractivity contribution in [3.8, 4) is 0 Å². The summed E-state index contributed by atoms with van der Waals surface area (Å²) in [4.78, 5) is 52.5. The first-order valence-electron chi connectivity index (χ1n) is 9.79. The fourth-order valence-corrected chi connectivity index (χ4v) is 4.73. The SMILES string of the molecule is Cl.O=C1CCC(N2C(=O)c3ccc(N4CCC5(CC4)CNC5)cc3C2=O)C(=O)N1. The Morgan fingerprint density at radius 1 is 0.966 bits per heavy atom. The molecule has 29 heavy (non-hydrogen) atoms. The Kier molecular flexibility index (Phi) is 4.86. The van der Waals surface area contributed by atoms with Gasteiger partial charge in [0, 0.05) is 38.3 Å². The number of hydrogen-bond acceptors (Lipinski definition) is 6. The fraction of sp³-hybridized carbons (Fsp3) is 0.500. The number of carbonyl (C=O) groups is 4. The molecule has 0 bridgehead atoms. The molecule has 4 amide bonds. The van der Waals surface area contributed by atoms with Crippen LogP contribution in [0.15, 0.2) is 18.2 Å². The first kappa shape index (κ1) is 19.8. The Morgan fingerprint density at radius 2 is 1.66 bits per heavy atom. The van der Waals surface area contributed by atoms with Gasteiger partial charge in [-0.25, -0.2) is 0 Å². The topological polar surface area (TPSA) is 98.8 Å². The Balaban J connectivity index is 0.00000205. The molecule has 1 aromatic carbocycles. The van der Waals surface area contributed by atoms with Crippen molar-refractivity contribution in [2.75, 3.05) is 31.1 Å². The summed E-state index contributed by atoms with van der Waals surface area (Å²) in [6.45, 7) is 4.02. The van der Waals surface area contributed by atoms with Crippen molar-refractivity contribution in [1.29, 1.82) is 0 Å². The normalized spacial score (nSPS) is 25.4. The van der Waals surface area contributed by atoms with Crippen LogP contribution in [0.25, 0.3) is 0 Å². The van der Waals surface area contributed by atoms with Crippen LogP contribution in [0.4, 0.5) is 5.69 Å². The van der Waals surface area contributed by atoms with Crippen LogP contribution in [0.3, 0.4) is 0 Å². The van der Waals surface area contributed by atoms with E-state index in [1.807, 2.05) is 6.07 Å². The summed E-state index contributed by atoms with van der Waals surface area (Å²) in [5, 5.41) is 5.57. The monoisotopic (exact) mass is 418 g/mol. The fourth-order valence-electron chi connectivity index (χ4n) is 4.73. The summed E-state index contributed by atoms with van der Waals surface area (Å²) >= 11 is 0. The highest BCUT2D eigenvalue weighted by atomic mass is 35.5. The number of anilines is 1. The molecular formula is C20H23ClN4O4. The van der Waals surface area contributed by atoms with Crippen molar-refractivity contribution in [1.82, 2.24) is 15.5 Å². The number of rotatable bonds is 2. The van der Waals surface area contributed by atoms with E-state index in [4.69, 9.17) is 0 Å². The first-order valence-corrected chi connectivity index (χ1v) is 9.79. The van der Waals surface area contributed by atoms with Gasteiger partial charge in [-0.3, -0.25) is 29.4 Å². The average molecular weight is 419 g/mol. The Bertz CT molecular complexity index is 904. The number of hydrogen-bond donors (Lipinski definition) is 2. The molecular weight excluding hydrogens is 396 g/mol. The quantitative estimate of drug-likeness (QED) is 0.686. The van der Waals surface area contributed by atoms with Crippen LogP contribution in [0, 0.1) is 5.41 Å². The van der Waals surface area contributed by atoms with Crippen LogP contribution in [0.2, 0.25) is 0 Å². The van der Waals surface area contributed by atoms with Gasteiger partial charge in [0.15, 0.2) is 0 Å². The van der Waals surface area contributed by atoms with E-state index in [1.165, 1.54) is 0 Å². The van der Waals surface area contributed by atoms with Gasteiger partial charge in [0.1, 0.15) is 6.04 Å². The maximum atomic E-state index is 12.9. The minimum atomic E-state index is -0.922. The zero-order valence-electron chi connectivity index (χ0n) is 15.9. The number of benzene rings is 1. The van der Waals surface area contributed by atoms with E-state index in [0.29, 0.717) is 16.5 Å². The van der Waals surface area contributed by atoms with Crippen LogP contribution in [0.1, 0.15) is 46.4 Å². The summed E-state index contributed by atoms with van der Waals surface area (Å²) < 4.78 is 0. The molecule has 0 aromatic heterocycles. The highest BCUT2D eigenvalue weighted by Crippen LogP contribution is 2.37. The lowest BCUT2D eigenvalue weighted by Crippen LogP contribution is -2.58. The lowest BCUT2D eigenvalue weighted by Gasteiger charge is -2.49. The van der Waals surface area contributed by atoms with Crippen molar-refractivity contribution in [3.05, 3.63) is 29.3 Å². The second-order valence-electron chi connectivity index (χ2n) is 8.27. The number of nitrogens with zero attached hydrogens (tertiary/aromatic N) is 2. The van der Waals surface area contributed by atoms with Gasteiger partial charge in [0.05, 0.1) is 11.1 Å². The van der Waals surface area contributed by atoms with Crippen LogP contribution in [0.5, 0.6) is 0 Å². The Labute approximate surface area is 174 Å². The molecule has 0 aliphatic carbocycles. The van der Waals surface area contributed by atoms with Crippen LogP contribution in [-0.2, 0) is 9.59 Å². The maximum absolute atomic E-state index is 12.9. The second kappa shape index (κ2) is 7.11. The third-order valence-corrected chi connectivity index (χ3v) is 6.61. The molecule has 3 saturated heterocycles. The molecule has 5 rings (SSSR count). The van der Waals surface area contributed by atoms with Crippen LogP contribution in [-0.4, -0.2) is 60.7 Å². The highest BCUT2D eigenvalue weighted by molar-refractivity contribution is 6.23. The van der Waals surface area contributed by atoms with Crippen molar-refractivity contribution in [3.63, 3.8) is 0 Å². The molecule has 2 N–H and O–H groups in total. The van der Waals surface area contributed by atoms with Gasteiger partial charge < -0.3 is 10.2 Å². The summed E-state index contributed by atoms with van der Waals surface area (Å²) in [7, 11) is 0. The third kappa shape index (κ3) is 3.11. The molecule has 4 aliphatic heterocycles. The molecule has 1 unspecified atom stereocenters. The number of halogens is 1. The Morgan fingerprint density at radius 3 is 2.28 bits per heavy atom. The number of carbonyl (C=O) groups excluding carboxylic acids is 4. The van der Waals surface area contributed by atoms with E-state index in [1.54, 1.807) is 12.1 Å². The summed E-state index contributed by atoms with van der Waals surface area (Å²) in [6, 6.07) is 4.43. The van der Waals surface area contributed by atoms with E-state index in [9.17, 15) is 19.2 Å². The predicted octanol–water partition coefficient (Wildman–Crippen LogP) is 0.699. The number of fused-ring (bicyclic) bond motifs is 1. The van der Waals surface area contributed by atoms with Gasteiger partial charge >= 0.3 is 0 Å². The highest BCUT2D eigenvalue weighted by Gasteiger charge is 2.45. The Hall–Kier alpha value is -2.45. The molecule has 4 heterocycles. The molecule has 1 spiro atoms. The van der Waals surface area contributed by atoms with E-state index in [2.05, 4.69) is 15.5 Å². The maximum Gasteiger partial charge on any atom is 0.262 e. The molecule has 0 saturated carbocycles. The molecule has 4 aliphatic rings. The van der Waals surface area contributed by atoms with Crippen LogP contribution < -0.4 is 15.5 Å². The van der Waals surface area contributed by atoms with Gasteiger partial charge in [-0.05, 0) is 42.9 Å². The molecule has 0 radical (unpaired) electrons. The van der Waals surface area contributed by atoms with Gasteiger partial charge in [-0.2, -0.15) is 0 Å². The van der Waals surface area contributed by atoms with Crippen molar-refractivity contribution >= 4 is 41.7 Å². The third-order valence-electron chi connectivity index (χ3n) is 6.61. The number of imide groups is 2. The van der Waals surface area contributed by atoms with Crippen molar-refractivity contribution in [2.24, 2.45) is 5.41 Å². The van der Waals surface area contributed by atoms with Crippen molar-refractivity contribution < 1.29 is 19.2 Å². The first-order chi connectivity index (χ1) is 13.5. The number of amides is 4. The van der Waals surface area contributed by atoms with E-state index in [0.717, 1.165) is 49.6 Å². The van der Waals surface area contributed by atoms with Gasteiger partial charge in [-0.1, -0.05) is 0 Å². The van der Waals surface area contributed by atoms with Crippen LogP contribution >= 0.6 is 12.4 Å². The zero-order valence-corrected chi connectivity index (χ0v) is 16.7. The standard InChI is InChI=1S/C20H22N4O4.ClH/c25-16-4-3-15(17(26)22-16)24-18(27)13-2-1-12(9-14(13)19(24)28)23-7-5-20(6-8-23)10-21-11-20;/h1-2,9,15,21H,3-8,10-11H2,(H,22,25,26);1H. The summed E-state index contributed by atoms with van der Waals surface area (Å²) in [6.07, 6.45) is 2.53.